The fraction of sp³-hybridized carbons (Fsp3) is 0.385. The highest BCUT2D eigenvalue weighted by Crippen LogP contribution is 2.21. The van der Waals surface area contributed by atoms with Gasteiger partial charge in [-0.2, -0.15) is 0 Å². The van der Waals surface area contributed by atoms with Crippen LogP contribution in [-0.2, 0) is 6.54 Å². The molecule has 1 aromatic heterocycles. The number of fused-ring (bicyclic) bond motifs is 1. The normalized spacial score (nSPS) is 11.2. The van der Waals surface area contributed by atoms with Crippen molar-refractivity contribution in [3.8, 4) is 0 Å². The highest BCUT2D eigenvalue weighted by molar-refractivity contribution is 7.80. The minimum atomic E-state index is -0.0736. The summed E-state index contributed by atoms with van der Waals surface area (Å²) in [5.74, 6) is 0. The van der Waals surface area contributed by atoms with Crippen LogP contribution >= 0.6 is 23.8 Å². The molecule has 0 aliphatic carbocycles. The van der Waals surface area contributed by atoms with Crippen LogP contribution in [0.3, 0.4) is 0 Å². The van der Waals surface area contributed by atoms with E-state index in [1.165, 1.54) is 0 Å². The fourth-order valence-corrected chi connectivity index (χ4v) is 4.45. The van der Waals surface area contributed by atoms with E-state index in [0.29, 0.717) is 22.2 Å². The van der Waals surface area contributed by atoms with Gasteiger partial charge >= 0.3 is 0 Å². The number of rotatable bonds is 9. The van der Waals surface area contributed by atoms with Crippen LogP contribution in [-0.4, -0.2) is 46.1 Å². The second kappa shape index (κ2) is 11.6. The molecular weight excluding hydrogens is 452 g/mol. The van der Waals surface area contributed by atoms with Crippen LogP contribution in [0.4, 0.5) is 5.69 Å². The summed E-state index contributed by atoms with van der Waals surface area (Å²) in [6.45, 7) is 12.6. The summed E-state index contributed by atoms with van der Waals surface area (Å²) in [6.07, 6.45) is 0.947. The van der Waals surface area contributed by atoms with E-state index < -0.39 is 0 Å². The lowest BCUT2D eigenvalue weighted by molar-refractivity contribution is 0.281. The van der Waals surface area contributed by atoms with Gasteiger partial charge in [0.15, 0.2) is 5.11 Å². The fourth-order valence-electron chi connectivity index (χ4n) is 3.99. The number of H-pyrrole nitrogens is 1. The molecule has 0 aliphatic rings. The number of nitrogens with zero attached hydrogens (tertiary/aromatic N) is 2. The Morgan fingerprint density at radius 1 is 1.06 bits per heavy atom. The van der Waals surface area contributed by atoms with Crippen molar-refractivity contribution >= 4 is 45.5 Å². The summed E-state index contributed by atoms with van der Waals surface area (Å²) in [5, 5.41) is 5.59. The number of nitrogens with one attached hydrogen (secondary N) is 2. The maximum Gasteiger partial charge on any atom is 0.253 e. The first-order valence-corrected chi connectivity index (χ1v) is 12.3. The Bertz CT molecular complexity index is 1170. The van der Waals surface area contributed by atoms with E-state index in [4.69, 9.17) is 23.8 Å². The van der Waals surface area contributed by atoms with Crippen LogP contribution in [0.25, 0.3) is 10.9 Å². The van der Waals surface area contributed by atoms with E-state index >= 15 is 0 Å². The molecular formula is C26H33ClN4OS. The van der Waals surface area contributed by atoms with Crippen molar-refractivity contribution in [3.05, 3.63) is 74.5 Å². The Labute approximate surface area is 206 Å². The SMILES string of the molecule is CCN(CC)CCCN(Cc1cc2c(C)ccc(C)c2[nH]c1=O)C(=S)Nc1cccc(Cl)c1. The molecule has 2 N–H and O–H groups in total. The van der Waals surface area contributed by atoms with Crippen LogP contribution < -0.4 is 10.9 Å². The number of aromatic nitrogens is 1. The molecule has 5 nitrogen and oxygen atoms in total. The molecule has 0 saturated carbocycles. The van der Waals surface area contributed by atoms with Crippen LogP contribution in [0.1, 0.15) is 37.0 Å². The van der Waals surface area contributed by atoms with Crippen LogP contribution in [0, 0.1) is 13.8 Å². The van der Waals surface area contributed by atoms with Crippen molar-refractivity contribution in [2.24, 2.45) is 0 Å². The number of halogens is 1. The third-order valence-electron chi connectivity index (χ3n) is 6.04. The molecule has 2 aromatic carbocycles. The molecule has 0 spiro atoms. The molecule has 33 heavy (non-hydrogen) atoms. The van der Waals surface area contributed by atoms with Gasteiger partial charge in [-0.05, 0) is 87.5 Å². The van der Waals surface area contributed by atoms with Gasteiger partial charge in [0.05, 0.1) is 12.1 Å². The first-order valence-electron chi connectivity index (χ1n) is 11.5. The third kappa shape index (κ3) is 6.56. The summed E-state index contributed by atoms with van der Waals surface area (Å²) in [5.41, 5.74) is 4.57. The van der Waals surface area contributed by atoms with Crippen molar-refractivity contribution in [2.45, 2.75) is 40.7 Å². The minimum Gasteiger partial charge on any atom is -0.344 e. The number of anilines is 1. The molecule has 0 atom stereocenters. The van der Waals surface area contributed by atoms with Crippen molar-refractivity contribution in [1.82, 2.24) is 14.8 Å². The Kier molecular flexibility index (Phi) is 8.89. The largest absolute Gasteiger partial charge is 0.344 e. The first-order chi connectivity index (χ1) is 15.8. The second-order valence-electron chi connectivity index (χ2n) is 8.35. The first kappa shape index (κ1) is 25.2. The molecule has 7 heteroatoms. The summed E-state index contributed by atoms with van der Waals surface area (Å²) in [7, 11) is 0. The average molecular weight is 485 g/mol. The summed E-state index contributed by atoms with van der Waals surface area (Å²) in [4.78, 5) is 20.5. The average Bonchev–Trinajstić information content (AvgIpc) is 2.79. The van der Waals surface area contributed by atoms with E-state index in [2.05, 4.69) is 46.9 Å². The van der Waals surface area contributed by atoms with Gasteiger partial charge in [-0.15, -0.1) is 0 Å². The Balaban J connectivity index is 1.86. The van der Waals surface area contributed by atoms with Crippen molar-refractivity contribution in [1.29, 1.82) is 0 Å². The molecule has 0 amide bonds. The topological polar surface area (TPSA) is 51.4 Å². The van der Waals surface area contributed by atoms with E-state index in [1.807, 2.05) is 43.3 Å². The van der Waals surface area contributed by atoms with Crippen molar-refractivity contribution < 1.29 is 0 Å². The molecule has 3 aromatic rings. The Morgan fingerprint density at radius 2 is 1.79 bits per heavy atom. The van der Waals surface area contributed by atoms with Gasteiger partial charge in [0.2, 0.25) is 0 Å². The molecule has 0 bridgehead atoms. The maximum absolute atomic E-state index is 13.0. The van der Waals surface area contributed by atoms with E-state index in [1.54, 1.807) is 0 Å². The lowest BCUT2D eigenvalue weighted by atomic mass is 10.0. The summed E-state index contributed by atoms with van der Waals surface area (Å²) in [6, 6.07) is 13.6. The maximum atomic E-state index is 13.0. The van der Waals surface area contributed by atoms with Crippen molar-refractivity contribution in [3.63, 3.8) is 0 Å². The number of benzene rings is 2. The molecule has 0 fully saturated rings. The summed E-state index contributed by atoms with van der Waals surface area (Å²) < 4.78 is 0. The molecule has 1 heterocycles. The van der Waals surface area contributed by atoms with Crippen molar-refractivity contribution in [2.75, 3.05) is 31.5 Å². The molecule has 0 unspecified atom stereocenters. The van der Waals surface area contributed by atoms with Gasteiger partial charge in [-0.1, -0.05) is 43.6 Å². The van der Waals surface area contributed by atoms with Gasteiger partial charge in [-0.25, -0.2) is 0 Å². The third-order valence-corrected chi connectivity index (χ3v) is 6.64. The minimum absolute atomic E-state index is 0.0736. The van der Waals surface area contributed by atoms with Gasteiger partial charge in [-0.3, -0.25) is 4.79 Å². The van der Waals surface area contributed by atoms with Crippen LogP contribution in [0.2, 0.25) is 5.02 Å². The highest BCUT2D eigenvalue weighted by Gasteiger charge is 2.15. The second-order valence-corrected chi connectivity index (χ2v) is 9.18. The predicted molar refractivity (Wildman–Crippen MR) is 145 cm³/mol. The quantitative estimate of drug-likeness (QED) is 0.380. The number of hydrogen-bond acceptors (Lipinski definition) is 3. The van der Waals surface area contributed by atoms with Crippen LogP contribution in [0.15, 0.2) is 47.3 Å². The number of pyridine rings is 1. The molecule has 3 rings (SSSR count). The van der Waals surface area contributed by atoms with E-state index in [9.17, 15) is 4.79 Å². The monoisotopic (exact) mass is 484 g/mol. The van der Waals surface area contributed by atoms with Crippen LogP contribution in [0.5, 0.6) is 0 Å². The Hall–Kier alpha value is -2.41. The number of thiocarbonyl (C=S) groups is 1. The van der Waals surface area contributed by atoms with Gasteiger partial charge in [0, 0.05) is 28.2 Å². The zero-order valence-corrected chi connectivity index (χ0v) is 21.4. The Morgan fingerprint density at radius 3 is 2.48 bits per heavy atom. The number of aromatic amines is 1. The zero-order valence-electron chi connectivity index (χ0n) is 19.9. The van der Waals surface area contributed by atoms with E-state index in [-0.39, 0.29) is 5.56 Å². The van der Waals surface area contributed by atoms with Gasteiger partial charge in [0.1, 0.15) is 0 Å². The van der Waals surface area contributed by atoms with Gasteiger partial charge < -0.3 is 20.1 Å². The number of aryl methyl sites for hydroxylation is 2. The smallest absolute Gasteiger partial charge is 0.253 e. The van der Waals surface area contributed by atoms with E-state index in [0.717, 1.165) is 60.3 Å². The number of hydrogen-bond donors (Lipinski definition) is 2. The predicted octanol–water partition coefficient (Wildman–Crippen LogP) is 5.73. The molecule has 0 radical (unpaired) electrons. The molecule has 0 aliphatic heterocycles. The zero-order chi connectivity index (χ0) is 24.0. The summed E-state index contributed by atoms with van der Waals surface area (Å²) >= 11 is 11.9. The lowest BCUT2D eigenvalue weighted by Gasteiger charge is -2.27. The standard InChI is InChI=1S/C26H33ClN4OS/c1-5-30(6-2)13-8-14-31(26(33)28-22-10-7-9-21(27)16-22)17-20-15-23-18(3)11-12-19(4)24(23)29-25(20)32/h7,9-12,15-16H,5-6,8,13-14,17H2,1-4H3,(H,28,33)(H,29,32). The highest BCUT2D eigenvalue weighted by atomic mass is 35.5. The molecule has 0 saturated heterocycles. The lowest BCUT2D eigenvalue weighted by Crippen LogP contribution is -2.38. The molecule has 176 valence electrons. The van der Waals surface area contributed by atoms with Gasteiger partial charge in [0.25, 0.3) is 5.56 Å².